The number of hydrogen-bond acceptors (Lipinski definition) is 1. The van der Waals surface area contributed by atoms with Crippen molar-refractivity contribution in [3.63, 3.8) is 0 Å². The molecule has 5 heteroatoms. The zero-order valence-electron chi connectivity index (χ0n) is 19.0. The van der Waals surface area contributed by atoms with Crippen molar-refractivity contribution in [2.75, 3.05) is 0 Å². The predicted molar refractivity (Wildman–Crippen MR) is 139 cm³/mol. The van der Waals surface area contributed by atoms with Crippen molar-refractivity contribution in [3.8, 4) is 0 Å². The smallest absolute Gasteiger partial charge is 0.315 e. The van der Waals surface area contributed by atoms with Crippen molar-refractivity contribution in [2.45, 2.75) is 0 Å². The molecule has 0 aromatic heterocycles. The Morgan fingerprint density at radius 3 is 0.800 bits per heavy atom. The molecule has 0 aliphatic carbocycles. The Balaban J connectivity index is 0.000000529. The third-order valence-electron chi connectivity index (χ3n) is 4.69. The van der Waals surface area contributed by atoms with Gasteiger partial charge in [-0.05, 0) is 0 Å². The van der Waals surface area contributed by atoms with Crippen molar-refractivity contribution < 1.29 is 55.8 Å². The fourth-order valence-electron chi connectivity index (χ4n) is 3.13. The summed E-state index contributed by atoms with van der Waals surface area (Å²) in [5, 5.41) is 2.74. The van der Waals surface area contributed by atoms with Crippen LogP contribution in [0.4, 0.5) is 0 Å². The Morgan fingerprint density at radius 1 is 0.400 bits per heavy atom. The molecule has 0 spiro atoms. The van der Waals surface area contributed by atoms with Crippen molar-refractivity contribution >= 4 is 23.1 Å². The molecule has 0 heterocycles. The van der Waals surface area contributed by atoms with Gasteiger partial charge < -0.3 is 4.57 Å². The van der Waals surface area contributed by atoms with Gasteiger partial charge >= 0.3 is 51.2 Å². The fourth-order valence-corrected chi connectivity index (χ4v) is 5.80. The summed E-state index contributed by atoms with van der Waals surface area (Å²) in [6.45, 7) is 0. The summed E-state index contributed by atoms with van der Waals surface area (Å²) in [7, 11) is -2.63. The first-order chi connectivity index (χ1) is 15.8. The van der Waals surface area contributed by atoms with Crippen LogP contribution in [0.2, 0.25) is 0 Å². The van der Waals surface area contributed by atoms with E-state index in [9.17, 15) is 4.57 Å². The summed E-state index contributed by atoms with van der Waals surface area (Å²) in [6.07, 6.45) is 0. The van der Waals surface area contributed by atoms with Crippen LogP contribution in [-0.4, -0.2) is 0 Å². The van der Waals surface area contributed by atoms with E-state index in [1.165, 1.54) is 0 Å². The third-order valence-corrected chi connectivity index (χ3v) is 7.77. The van der Waals surface area contributed by atoms with Crippen LogP contribution in [0.15, 0.2) is 164 Å². The van der Waals surface area contributed by atoms with Crippen molar-refractivity contribution in [1.29, 1.82) is 0 Å². The fraction of sp³-hybridized carbons (Fsp3) is 0. The van der Waals surface area contributed by atoms with Gasteiger partial charge in [0.25, 0.3) is 0 Å². The molecule has 0 bridgehead atoms. The Kier molecular flexibility index (Phi) is 18.0. The van der Waals surface area contributed by atoms with E-state index in [2.05, 4.69) is 0 Å². The van der Waals surface area contributed by atoms with Gasteiger partial charge in [0.05, 0.1) is 7.14 Å². The molecule has 182 valence electrons. The topological polar surface area (TPSA) is 17.1 Å². The minimum absolute atomic E-state index is 0. The van der Waals surface area contributed by atoms with Gasteiger partial charge in [-0.15, -0.1) is 15.9 Å². The van der Waals surface area contributed by atoms with Gasteiger partial charge in [0.2, 0.25) is 0 Å². The van der Waals surface area contributed by atoms with E-state index >= 15 is 0 Å². The van der Waals surface area contributed by atoms with E-state index < -0.39 is 7.14 Å². The Labute approximate surface area is 241 Å². The van der Waals surface area contributed by atoms with E-state index in [1.807, 2.05) is 164 Å². The van der Waals surface area contributed by atoms with Crippen LogP contribution in [0.1, 0.15) is 0 Å². The largest absolute Gasteiger partial charge is 2.00 e. The molecule has 6 aromatic carbocycles. The van der Waals surface area contributed by atoms with Crippen LogP contribution in [-0.2, 0) is 55.8 Å². The quantitative estimate of drug-likeness (QED) is 0.125. The maximum atomic E-state index is 13.4. The molecule has 0 saturated carbocycles. The van der Waals surface area contributed by atoms with Crippen LogP contribution < -0.4 is 15.9 Å². The van der Waals surface area contributed by atoms with Crippen LogP contribution >= 0.6 is 7.14 Å². The van der Waals surface area contributed by atoms with Crippen LogP contribution in [0.25, 0.3) is 0 Å². The second-order valence-corrected chi connectivity index (χ2v) is 9.69. The van der Waals surface area contributed by atoms with E-state index in [1.54, 1.807) is 0 Å². The maximum absolute atomic E-state index is 13.4. The second kappa shape index (κ2) is 19.1. The maximum Gasteiger partial charge on any atom is 2.00 e. The molecule has 6 aromatic rings. The zero-order chi connectivity index (χ0) is 22.3. The van der Waals surface area contributed by atoms with Gasteiger partial charge in [0, 0.05) is 0 Å². The Bertz CT molecular complexity index is 960. The molecular formula is C30H27Fe3OP. The van der Waals surface area contributed by atoms with Gasteiger partial charge in [-0.25, -0.2) is 72.8 Å². The van der Waals surface area contributed by atoms with Gasteiger partial charge in [0.15, 0.2) is 0 Å². The first-order valence-electron chi connectivity index (χ1n) is 10.6. The van der Waals surface area contributed by atoms with E-state index in [0.717, 1.165) is 15.9 Å². The molecular weight excluding hydrogens is 575 g/mol. The average Bonchev–Trinajstić information content (AvgIpc) is 3.74. The molecule has 0 unspecified atom stereocenters. The molecule has 6 rings (SSSR count). The summed E-state index contributed by atoms with van der Waals surface area (Å²) in [6, 6.07) is 53.3. The SMILES string of the molecule is O=P(c1ccc[cH-]1)(c1ccc[cH-]1)c1ccc[cH-]1.[Fe+2].[Fe+2].[Fe+2].c1cc[cH-]c1.c1cc[cH-]c1.c1cc[cH-]c1. The summed E-state index contributed by atoms with van der Waals surface area (Å²) >= 11 is 0. The zero-order valence-corrected chi connectivity index (χ0v) is 23.2. The molecule has 1 nitrogen and oxygen atoms in total. The molecule has 35 heavy (non-hydrogen) atoms. The first-order valence-corrected chi connectivity index (χ1v) is 12.3. The molecule has 0 radical (unpaired) electrons. The van der Waals surface area contributed by atoms with E-state index in [-0.39, 0.29) is 51.2 Å². The Morgan fingerprint density at radius 2 is 0.657 bits per heavy atom. The summed E-state index contributed by atoms with van der Waals surface area (Å²) in [4.78, 5) is 0. The van der Waals surface area contributed by atoms with Crippen molar-refractivity contribution in [2.24, 2.45) is 0 Å². The van der Waals surface area contributed by atoms with Gasteiger partial charge in [-0.2, -0.15) is 91.0 Å². The van der Waals surface area contributed by atoms with E-state index in [0.29, 0.717) is 0 Å². The summed E-state index contributed by atoms with van der Waals surface area (Å²) < 4.78 is 13.4. The minimum atomic E-state index is -2.63. The van der Waals surface area contributed by atoms with Crippen LogP contribution in [0.3, 0.4) is 0 Å². The standard InChI is InChI=1S/C15H12OP.3C5H5.3Fe/c16-17(13-7-1-2-8-13,14-9-3-4-10-14)15-11-5-6-12-15;3*1-2-4-5-3-1;;;/h1-12H;3*1-5H;;;/q-3;3*-1;3*+2. The predicted octanol–water partition coefficient (Wildman–Crippen LogP) is 6.69. The number of hydrogen-bond donors (Lipinski definition) is 0. The van der Waals surface area contributed by atoms with E-state index in [4.69, 9.17) is 0 Å². The van der Waals surface area contributed by atoms with Crippen molar-refractivity contribution in [1.82, 2.24) is 0 Å². The van der Waals surface area contributed by atoms with Gasteiger partial charge in [-0.1, -0.05) is 0 Å². The first kappa shape index (κ1) is 32.9. The van der Waals surface area contributed by atoms with Crippen LogP contribution in [0, 0.1) is 0 Å². The molecule has 0 amide bonds. The van der Waals surface area contributed by atoms with Crippen LogP contribution in [0.5, 0.6) is 0 Å². The monoisotopic (exact) mass is 602 g/mol. The normalized spacial score (nSPS) is 9.14. The molecule has 0 aliphatic heterocycles. The molecule has 0 aliphatic rings. The Hall–Kier alpha value is -2.11. The minimum Gasteiger partial charge on any atom is -0.315 e. The van der Waals surface area contributed by atoms with Gasteiger partial charge in [0.1, 0.15) is 0 Å². The summed E-state index contributed by atoms with van der Waals surface area (Å²) in [5.41, 5.74) is 0. The summed E-state index contributed by atoms with van der Waals surface area (Å²) in [5.74, 6) is 0. The van der Waals surface area contributed by atoms with Crippen molar-refractivity contribution in [3.05, 3.63) is 164 Å². The second-order valence-electron chi connectivity index (χ2n) is 6.93. The molecule has 0 N–H and O–H groups in total. The molecule has 0 atom stereocenters. The molecule has 0 saturated heterocycles. The molecule has 0 fully saturated rings. The van der Waals surface area contributed by atoms with Gasteiger partial charge in [-0.3, -0.25) is 0 Å². The average molecular weight is 602 g/mol. The third kappa shape index (κ3) is 10.6. The number of rotatable bonds is 3.